The van der Waals surface area contributed by atoms with Crippen molar-refractivity contribution in [3.05, 3.63) is 40.9 Å². The van der Waals surface area contributed by atoms with Crippen LogP contribution < -0.4 is 4.74 Å². The molecule has 1 aliphatic carbocycles. The molecule has 4 nitrogen and oxygen atoms in total. The van der Waals surface area contributed by atoms with Crippen LogP contribution in [0.15, 0.2) is 30.3 Å². The topological polar surface area (TPSA) is 49.8 Å². The van der Waals surface area contributed by atoms with Gasteiger partial charge in [-0.15, -0.1) is 0 Å². The Kier molecular flexibility index (Phi) is 6.54. The van der Waals surface area contributed by atoms with Crippen LogP contribution in [0.5, 0.6) is 5.75 Å². The highest BCUT2D eigenvalue weighted by atomic mass is 35.5. The number of carboxylic acid groups (broad SMARTS) is 1. The molecule has 1 saturated carbocycles. The van der Waals surface area contributed by atoms with E-state index in [1.54, 1.807) is 0 Å². The first-order chi connectivity index (χ1) is 14.4. The van der Waals surface area contributed by atoms with Gasteiger partial charge in [-0.1, -0.05) is 36.7 Å². The number of hydrogen-bond acceptors (Lipinski definition) is 3. The van der Waals surface area contributed by atoms with Gasteiger partial charge < -0.3 is 9.84 Å². The van der Waals surface area contributed by atoms with Crippen molar-refractivity contribution in [1.82, 2.24) is 4.90 Å². The lowest BCUT2D eigenvalue weighted by Gasteiger charge is -2.35. The number of fused-ring (bicyclic) bond motifs is 1. The summed E-state index contributed by atoms with van der Waals surface area (Å²) in [7, 11) is 0. The fourth-order valence-electron chi connectivity index (χ4n) is 4.90. The van der Waals surface area contributed by atoms with Gasteiger partial charge >= 0.3 is 5.97 Å². The molecule has 0 spiro atoms. The smallest absolute Gasteiger partial charge is 0.306 e. The van der Waals surface area contributed by atoms with Crippen LogP contribution in [0.1, 0.15) is 64.0 Å². The number of piperidine rings is 1. The molecule has 1 heterocycles. The average Bonchev–Trinajstić information content (AvgIpc) is 2.76. The zero-order chi connectivity index (χ0) is 21.3. The van der Waals surface area contributed by atoms with E-state index in [4.69, 9.17) is 16.3 Å². The van der Waals surface area contributed by atoms with Crippen LogP contribution in [0.4, 0.5) is 0 Å². The molecular weight excluding hydrogens is 398 g/mol. The zero-order valence-corrected chi connectivity index (χ0v) is 18.7. The number of nitrogens with zero attached hydrogens (tertiary/aromatic N) is 1. The first-order valence-electron chi connectivity index (χ1n) is 11.3. The fourth-order valence-corrected chi connectivity index (χ4v) is 5.17. The van der Waals surface area contributed by atoms with Crippen LogP contribution in [0.2, 0.25) is 5.02 Å². The molecule has 2 aromatic rings. The summed E-state index contributed by atoms with van der Waals surface area (Å²) in [6.07, 6.45) is 6.32. The average molecular weight is 430 g/mol. The number of carboxylic acids is 1. The molecule has 2 fully saturated rings. The molecular formula is C25H32ClNO3. The van der Waals surface area contributed by atoms with E-state index < -0.39 is 5.97 Å². The number of hydrogen-bond donors (Lipinski definition) is 1. The molecule has 5 heteroatoms. The van der Waals surface area contributed by atoms with Crippen LogP contribution in [0.25, 0.3) is 10.8 Å². The molecule has 1 unspecified atom stereocenters. The fraction of sp³-hybridized carbons (Fsp3) is 0.560. The number of rotatable bonds is 5. The normalized spacial score (nSPS) is 24.6. The van der Waals surface area contributed by atoms with Gasteiger partial charge in [0.25, 0.3) is 0 Å². The first kappa shape index (κ1) is 21.5. The van der Waals surface area contributed by atoms with E-state index in [-0.39, 0.29) is 18.1 Å². The maximum absolute atomic E-state index is 11.2. The molecule has 1 N–H and O–H groups in total. The van der Waals surface area contributed by atoms with Crippen LogP contribution in [0, 0.1) is 11.8 Å². The SMILES string of the molecule is CC1CCC(Oc2ccc3ccc(C(C)N4CCC(C(=O)O)CC4)cc3c2Cl)CC1. The lowest BCUT2D eigenvalue weighted by Crippen LogP contribution is -2.37. The second-order valence-electron chi connectivity index (χ2n) is 9.18. The summed E-state index contributed by atoms with van der Waals surface area (Å²) in [6, 6.07) is 10.8. The highest BCUT2D eigenvalue weighted by molar-refractivity contribution is 6.37. The second-order valence-corrected chi connectivity index (χ2v) is 9.56. The van der Waals surface area contributed by atoms with Gasteiger partial charge in [0.15, 0.2) is 0 Å². The lowest BCUT2D eigenvalue weighted by atomic mass is 9.89. The van der Waals surface area contributed by atoms with Gasteiger partial charge in [-0.25, -0.2) is 0 Å². The molecule has 0 bridgehead atoms. The van der Waals surface area contributed by atoms with Gasteiger partial charge in [-0.05, 0) is 87.5 Å². The number of likely N-dealkylation sites (tertiary alicyclic amines) is 1. The highest BCUT2D eigenvalue weighted by Crippen LogP contribution is 2.37. The summed E-state index contributed by atoms with van der Waals surface area (Å²) >= 11 is 6.80. The van der Waals surface area contributed by atoms with Gasteiger partial charge in [0.2, 0.25) is 0 Å². The minimum atomic E-state index is -0.667. The van der Waals surface area contributed by atoms with Crippen molar-refractivity contribution in [3.8, 4) is 5.75 Å². The second kappa shape index (κ2) is 9.15. The minimum absolute atomic E-state index is 0.207. The van der Waals surface area contributed by atoms with Gasteiger partial charge in [0, 0.05) is 11.4 Å². The van der Waals surface area contributed by atoms with Gasteiger partial charge in [0.05, 0.1) is 17.0 Å². The van der Waals surface area contributed by atoms with Crippen LogP contribution in [-0.2, 0) is 4.79 Å². The van der Waals surface area contributed by atoms with Gasteiger partial charge in [-0.2, -0.15) is 0 Å². The third kappa shape index (κ3) is 4.60. The Bertz CT molecular complexity index is 899. The predicted molar refractivity (Wildman–Crippen MR) is 121 cm³/mol. The summed E-state index contributed by atoms with van der Waals surface area (Å²) in [5.41, 5.74) is 1.21. The van der Waals surface area contributed by atoms with Crippen molar-refractivity contribution in [1.29, 1.82) is 0 Å². The van der Waals surface area contributed by atoms with Crippen molar-refractivity contribution < 1.29 is 14.6 Å². The highest BCUT2D eigenvalue weighted by Gasteiger charge is 2.27. The van der Waals surface area contributed by atoms with E-state index in [0.717, 1.165) is 48.4 Å². The Morgan fingerprint density at radius 3 is 2.43 bits per heavy atom. The third-order valence-corrected chi connectivity index (χ3v) is 7.50. The molecule has 2 aliphatic rings. The third-order valence-electron chi connectivity index (χ3n) is 7.11. The molecule has 2 aromatic carbocycles. The Labute approximate surface area is 184 Å². The maximum atomic E-state index is 11.2. The lowest BCUT2D eigenvalue weighted by molar-refractivity contribution is -0.143. The van der Waals surface area contributed by atoms with Crippen molar-refractivity contribution in [2.24, 2.45) is 11.8 Å². The summed E-state index contributed by atoms with van der Waals surface area (Å²) < 4.78 is 6.30. The summed E-state index contributed by atoms with van der Waals surface area (Å²) in [6.45, 7) is 6.13. The first-order valence-corrected chi connectivity index (χ1v) is 11.7. The molecule has 1 aliphatic heterocycles. The minimum Gasteiger partial charge on any atom is -0.489 e. The number of benzene rings is 2. The monoisotopic (exact) mass is 429 g/mol. The van der Waals surface area contributed by atoms with Crippen LogP contribution in [-0.4, -0.2) is 35.2 Å². The quantitative estimate of drug-likeness (QED) is 0.605. The van der Waals surface area contributed by atoms with Gasteiger partial charge in [0.1, 0.15) is 5.75 Å². The zero-order valence-electron chi connectivity index (χ0n) is 17.9. The maximum Gasteiger partial charge on any atom is 0.306 e. The standard InChI is InChI=1S/C25H32ClNO3/c1-16-3-8-21(9-4-16)30-23-10-7-18-5-6-20(15-22(18)24(23)26)17(2)27-13-11-19(12-14-27)25(28)29/h5-7,10,15-17,19,21H,3-4,8-9,11-14H2,1-2H3,(H,28,29). The predicted octanol–water partition coefficient (Wildman–Crippen LogP) is 6.31. The molecule has 4 rings (SSSR count). The molecule has 0 amide bonds. The van der Waals surface area contributed by atoms with E-state index in [9.17, 15) is 9.90 Å². The Morgan fingerprint density at radius 2 is 1.77 bits per heavy atom. The Hall–Kier alpha value is -1.78. The Morgan fingerprint density at radius 1 is 1.10 bits per heavy atom. The van der Waals surface area contributed by atoms with Gasteiger partial charge in [-0.3, -0.25) is 9.69 Å². The molecule has 1 saturated heterocycles. The number of aliphatic carboxylic acids is 1. The van der Waals surface area contributed by atoms with E-state index in [1.807, 2.05) is 6.07 Å². The summed E-state index contributed by atoms with van der Waals surface area (Å²) in [4.78, 5) is 13.6. The number of halogens is 1. The molecule has 0 aromatic heterocycles. The van der Waals surface area contributed by atoms with Crippen molar-refractivity contribution in [2.45, 2.75) is 64.5 Å². The van der Waals surface area contributed by atoms with Crippen LogP contribution in [0.3, 0.4) is 0 Å². The summed E-state index contributed by atoms with van der Waals surface area (Å²) in [5.74, 6) is 0.707. The molecule has 162 valence electrons. The number of ether oxygens (including phenoxy) is 1. The molecule has 1 atom stereocenters. The molecule has 0 radical (unpaired) electrons. The molecule has 30 heavy (non-hydrogen) atoms. The van der Waals surface area contributed by atoms with Crippen LogP contribution >= 0.6 is 11.6 Å². The van der Waals surface area contributed by atoms with Crippen molar-refractivity contribution in [2.75, 3.05) is 13.1 Å². The number of carbonyl (C=O) groups is 1. The largest absolute Gasteiger partial charge is 0.489 e. The van der Waals surface area contributed by atoms with E-state index in [1.165, 1.54) is 18.4 Å². The van der Waals surface area contributed by atoms with E-state index >= 15 is 0 Å². The Balaban J connectivity index is 1.51. The van der Waals surface area contributed by atoms with Crippen molar-refractivity contribution in [3.63, 3.8) is 0 Å². The summed E-state index contributed by atoms with van der Waals surface area (Å²) in [5, 5.41) is 12.1. The van der Waals surface area contributed by atoms with Crippen molar-refractivity contribution >= 4 is 28.3 Å². The van der Waals surface area contributed by atoms with E-state index in [0.29, 0.717) is 17.9 Å². The van der Waals surface area contributed by atoms with E-state index in [2.05, 4.69) is 43.0 Å².